The second-order valence-electron chi connectivity index (χ2n) is 6.04. The Labute approximate surface area is 126 Å². The van der Waals surface area contributed by atoms with Crippen molar-refractivity contribution in [1.82, 2.24) is 5.32 Å². The van der Waals surface area contributed by atoms with Gasteiger partial charge in [-0.15, -0.1) is 0 Å². The smallest absolute Gasteiger partial charge is 0.119 e. The van der Waals surface area contributed by atoms with Crippen LogP contribution < -0.4 is 10.1 Å². The number of aryl methyl sites for hydroxylation is 1. The highest BCUT2D eigenvalue weighted by Crippen LogP contribution is 2.36. The zero-order valence-electron chi connectivity index (χ0n) is 12.5. The number of thioether (sulfide) groups is 1. The summed E-state index contributed by atoms with van der Waals surface area (Å²) in [6.07, 6.45) is 10.1. The maximum absolute atomic E-state index is 5.38. The third-order valence-electron chi connectivity index (χ3n) is 4.83. The summed E-state index contributed by atoms with van der Waals surface area (Å²) in [4.78, 5) is 0. The van der Waals surface area contributed by atoms with Crippen LogP contribution in [-0.4, -0.2) is 24.7 Å². The molecule has 0 saturated heterocycles. The van der Waals surface area contributed by atoms with Gasteiger partial charge in [-0.25, -0.2) is 0 Å². The Morgan fingerprint density at radius 2 is 2.15 bits per heavy atom. The van der Waals surface area contributed by atoms with Crippen LogP contribution in [0.1, 0.15) is 49.3 Å². The summed E-state index contributed by atoms with van der Waals surface area (Å²) in [5, 5.41) is 4.77. The van der Waals surface area contributed by atoms with Crippen LogP contribution in [0.15, 0.2) is 18.2 Å². The number of fused-ring (bicyclic) bond motifs is 1. The summed E-state index contributed by atoms with van der Waals surface area (Å²) in [6, 6.07) is 7.79. The van der Waals surface area contributed by atoms with Crippen molar-refractivity contribution in [2.75, 3.05) is 13.4 Å². The molecule has 3 unspecified atom stereocenters. The Balaban J connectivity index is 1.68. The normalized spacial score (nSPS) is 29.2. The summed E-state index contributed by atoms with van der Waals surface area (Å²) < 4.78 is 5.38. The molecule has 1 aromatic rings. The van der Waals surface area contributed by atoms with Crippen molar-refractivity contribution in [1.29, 1.82) is 0 Å². The highest BCUT2D eigenvalue weighted by molar-refractivity contribution is 7.99. The molecular weight excluding hydrogens is 266 g/mol. The highest BCUT2D eigenvalue weighted by Gasteiger charge is 2.28. The minimum Gasteiger partial charge on any atom is -0.497 e. The minimum atomic E-state index is 0.533. The van der Waals surface area contributed by atoms with E-state index in [0.717, 1.165) is 11.0 Å². The zero-order chi connectivity index (χ0) is 13.9. The van der Waals surface area contributed by atoms with Crippen LogP contribution in [0.2, 0.25) is 0 Å². The molecule has 0 heterocycles. The van der Waals surface area contributed by atoms with Gasteiger partial charge < -0.3 is 10.1 Å². The first-order chi connectivity index (χ1) is 9.80. The lowest BCUT2D eigenvalue weighted by molar-refractivity contribution is 0.342. The number of hydrogen-bond donors (Lipinski definition) is 1. The Hall–Kier alpha value is -0.670. The van der Waals surface area contributed by atoms with Gasteiger partial charge in [-0.1, -0.05) is 12.5 Å². The van der Waals surface area contributed by atoms with Crippen LogP contribution in [0.4, 0.5) is 0 Å². The van der Waals surface area contributed by atoms with Gasteiger partial charge in [0.1, 0.15) is 5.75 Å². The summed E-state index contributed by atoms with van der Waals surface area (Å²) in [5.41, 5.74) is 2.97. The van der Waals surface area contributed by atoms with Crippen molar-refractivity contribution in [3.05, 3.63) is 29.3 Å². The predicted octanol–water partition coefficient (Wildman–Crippen LogP) is 3.95. The molecule has 3 atom stereocenters. The van der Waals surface area contributed by atoms with Gasteiger partial charge in [0.2, 0.25) is 0 Å². The van der Waals surface area contributed by atoms with E-state index in [1.54, 1.807) is 7.11 Å². The van der Waals surface area contributed by atoms with Gasteiger partial charge in [0.25, 0.3) is 0 Å². The summed E-state index contributed by atoms with van der Waals surface area (Å²) in [5.74, 6) is 0.989. The Bertz CT molecular complexity index is 462. The molecule has 1 fully saturated rings. The SMILES string of the molecule is COc1ccc2c(c1)C(NC1CCCC(SC)C1)CC2. The largest absolute Gasteiger partial charge is 0.497 e. The Kier molecular flexibility index (Phi) is 4.57. The summed E-state index contributed by atoms with van der Waals surface area (Å²) in [6.45, 7) is 0. The Morgan fingerprint density at radius 3 is 2.95 bits per heavy atom. The summed E-state index contributed by atoms with van der Waals surface area (Å²) >= 11 is 2.04. The van der Waals surface area contributed by atoms with E-state index >= 15 is 0 Å². The van der Waals surface area contributed by atoms with Gasteiger partial charge in [0.15, 0.2) is 0 Å². The minimum absolute atomic E-state index is 0.533. The molecule has 0 aromatic heterocycles. The van der Waals surface area contributed by atoms with E-state index < -0.39 is 0 Å². The highest BCUT2D eigenvalue weighted by atomic mass is 32.2. The van der Waals surface area contributed by atoms with E-state index in [1.165, 1.54) is 49.7 Å². The van der Waals surface area contributed by atoms with Crippen molar-refractivity contribution < 1.29 is 4.74 Å². The lowest BCUT2D eigenvalue weighted by Gasteiger charge is -2.31. The van der Waals surface area contributed by atoms with Crippen molar-refractivity contribution in [2.45, 2.75) is 55.9 Å². The van der Waals surface area contributed by atoms with Gasteiger partial charge in [0, 0.05) is 17.3 Å². The molecular formula is C17H25NOS. The standard InChI is InChI=1S/C17H25NOS/c1-19-14-8-6-12-7-9-17(16(12)11-14)18-13-4-3-5-15(10-13)20-2/h6,8,11,13,15,17-18H,3-5,7,9-10H2,1-2H3. The molecule has 0 bridgehead atoms. The third kappa shape index (κ3) is 2.99. The van der Waals surface area contributed by atoms with Gasteiger partial charge in [-0.2, -0.15) is 11.8 Å². The number of nitrogens with one attached hydrogen (secondary N) is 1. The number of methoxy groups -OCH3 is 1. The molecule has 3 heteroatoms. The van der Waals surface area contributed by atoms with Gasteiger partial charge in [-0.05, 0) is 61.6 Å². The molecule has 20 heavy (non-hydrogen) atoms. The lowest BCUT2D eigenvalue weighted by Crippen LogP contribution is -2.36. The van der Waals surface area contributed by atoms with Crippen molar-refractivity contribution in [3.63, 3.8) is 0 Å². The van der Waals surface area contributed by atoms with Crippen LogP contribution in [0.25, 0.3) is 0 Å². The Morgan fingerprint density at radius 1 is 1.25 bits per heavy atom. The second kappa shape index (κ2) is 6.40. The van der Waals surface area contributed by atoms with Crippen LogP contribution in [0.3, 0.4) is 0 Å². The fourth-order valence-corrected chi connectivity index (χ4v) is 4.50. The van der Waals surface area contributed by atoms with E-state index in [-0.39, 0.29) is 0 Å². The van der Waals surface area contributed by atoms with Crippen molar-refractivity contribution in [3.8, 4) is 5.75 Å². The fraction of sp³-hybridized carbons (Fsp3) is 0.647. The van der Waals surface area contributed by atoms with Gasteiger partial charge in [-0.3, -0.25) is 0 Å². The van der Waals surface area contributed by atoms with Crippen LogP contribution in [0.5, 0.6) is 5.75 Å². The van der Waals surface area contributed by atoms with Crippen molar-refractivity contribution >= 4 is 11.8 Å². The van der Waals surface area contributed by atoms with E-state index in [4.69, 9.17) is 4.74 Å². The first-order valence-corrected chi connectivity index (χ1v) is 9.04. The molecule has 0 aliphatic heterocycles. The maximum atomic E-state index is 5.38. The quantitative estimate of drug-likeness (QED) is 0.907. The van der Waals surface area contributed by atoms with Crippen LogP contribution in [0, 0.1) is 0 Å². The second-order valence-corrected chi connectivity index (χ2v) is 7.18. The van der Waals surface area contributed by atoms with E-state index in [2.05, 4.69) is 29.8 Å². The molecule has 110 valence electrons. The van der Waals surface area contributed by atoms with Gasteiger partial charge >= 0.3 is 0 Å². The zero-order valence-corrected chi connectivity index (χ0v) is 13.3. The molecule has 1 saturated carbocycles. The molecule has 3 rings (SSSR count). The van der Waals surface area contributed by atoms with E-state index in [0.29, 0.717) is 12.1 Å². The van der Waals surface area contributed by atoms with Crippen LogP contribution in [-0.2, 0) is 6.42 Å². The molecule has 0 amide bonds. The molecule has 2 nitrogen and oxygen atoms in total. The molecule has 1 aromatic carbocycles. The van der Waals surface area contributed by atoms with Crippen molar-refractivity contribution in [2.24, 2.45) is 0 Å². The average Bonchev–Trinajstić information content (AvgIpc) is 2.89. The predicted molar refractivity (Wildman–Crippen MR) is 86.8 cm³/mol. The molecule has 0 radical (unpaired) electrons. The van der Waals surface area contributed by atoms with E-state index in [1.807, 2.05) is 11.8 Å². The topological polar surface area (TPSA) is 21.3 Å². The van der Waals surface area contributed by atoms with Gasteiger partial charge in [0.05, 0.1) is 7.11 Å². The van der Waals surface area contributed by atoms with Crippen LogP contribution >= 0.6 is 11.8 Å². The fourth-order valence-electron chi connectivity index (χ4n) is 3.68. The maximum Gasteiger partial charge on any atom is 0.119 e. The number of ether oxygens (including phenoxy) is 1. The molecule has 2 aliphatic carbocycles. The molecule has 0 spiro atoms. The number of hydrogen-bond acceptors (Lipinski definition) is 3. The lowest BCUT2D eigenvalue weighted by atomic mass is 9.93. The molecule has 1 N–H and O–H groups in total. The summed E-state index contributed by atoms with van der Waals surface area (Å²) in [7, 11) is 1.75. The first kappa shape index (κ1) is 14.3. The number of rotatable bonds is 4. The number of benzene rings is 1. The van der Waals surface area contributed by atoms with E-state index in [9.17, 15) is 0 Å². The molecule has 2 aliphatic rings. The first-order valence-electron chi connectivity index (χ1n) is 7.76. The monoisotopic (exact) mass is 291 g/mol. The third-order valence-corrected chi connectivity index (χ3v) is 5.92. The average molecular weight is 291 g/mol.